The number of hydrogen-bond donors (Lipinski definition) is 1. The Balaban J connectivity index is 1.58. The van der Waals surface area contributed by atoms with E-state index in [9.17, 15) is 17.7 Å². The molecule has 0 fully saturated rings. The van der Waals surface area contributed by atoms with Crippen LogP contribution in [0.3, 0.4) is 0 Å². The highest BCUT2D eigenvalue weighted by molar-refractivity contribution is 7.89. The number of amides is 1. The Kier molecular flexibility index (Phi) is 6.18. The number of rotatable bonds is 7. The summed E-state index contributed by atoms with van der Waals surface area (Å²) < 4.78 is 41.1. The topological polar surface area (TPSA) is 66.5 Å². The lowest BCUT2D eigenvalue weighted by molar-refractivity contribution is 0.0148. The smallest absolute Gasteiger partial charge is 0.266 e. The molecule has 1 amide bonds. The second-order valence-electron chi connectivity index (χ2n) is 6.15. The van der Waals surface area contributed by atoms with Crippen LogP contribution in [0, 0.1) is 0 Å². The molecule has 0 aliphatic carbocycles. The number of halogens is 1. The zero-order valence-electron chi connectivity index (χ0n) is 15.0. The maximum absolute atomic E-state index is 14.2. The Morgan fingerprint density at radius 3 is 1.96 bits per heavy atom. The Morgan fingerprint density at radius 2 is 1.36 bits per heavy atom. The van der Waals surface area contributed by atoms with Gasteiger partial charge >= 0.3 is 0 Å². The van der Waals surface area contributed by atoms with Gasteiger partial charge < -0.3 is 0 Å². The molecule has 0 saturated heterocycles. The molecule has 0 aliphatic heterocycles. The lowest BCUT2D eigenvalue weighted by Crippen LogP contribution is -2.23. The number of sulfonamides is 1. The van der Waals surface area contributed by atoms with Gasteiger partial charge in [0.1, 0.15) is 0 Å². The largest absolute Gasteiger partial charge is 0.281 e. The van der Waals surface area contributed by atoms with Crippen LogP contribution >= 0.6 is 0 Å². The zero-order valence-corrected chi connectivity index (χ0v) is 15.8. The fraction of sp³-hybridized carbons (Fsp3) is 0.0952. The summed E-state index contributed by atoms with van der Waals surface area (Å²) in [5.74, 6) is -0.708. The van der Waals surface area contributed by atoms with E-state index in [2.05, 4.69) is 4.72 Å². The van der Waals surface area contributed by atoms with Gasteiger partial charge in [-0.2, -0.15) is 5.12 Å². The van der Waals surface area contributed by atoms with Gasteiger partial charge in [-0.1, -0.05) is 65.1 Å². The zero-order chi connectivity index (χ0) is 20.0. The van der Waals surface area contributed by atoms with Crippen LogP contribution in [0.5, 0.6) is 0 Å². The fourth-order valence-electron chi connectivity index (χ4n) is 2.58. The van der Waals surface area contributed by atoms with Crippen LogP contribution in [0.1, 0.15) is 21.5 Å². The average Bonchev–Trinajstić information content (AvgIpc) is 2.74. The summed E-state index contributed by atoms with van der Waals surface area (Å²) in [6.45, 7) is -0.0798. The molecule has 144 valence electrons. The maximum atomic E-state index is 14.2. The first-order chi connectivity index (χ1) is 13.5. The third kappa shape index (κ3) is 5.03. The van der Waals surface area contributed by atoms with Crippen LogP contribution in [-0.4, -0.2) is 19.4 Å². The molecule has 3 rings (SSSR count). The third-order valence-electron chi connectivity index (χ3n) is 4.11. The van der Waals surface area contributed by atoms with Crippen LogP contribution in [0.25, 0.3) is 0 Å². The van der Waals surface area contributed by atoms with E-state index in [1.807, 2.05) is 0 Å². The molecule has 0 radical (unpaired) electrons. The Bertz CT molecular complexity index is 1020. The number of nitrogens with zero attached hydrogens (tertiary/aromatic N) is 1. The molecule has 5 nitrogen and oxygen atoms in total. The molecular formula is C21H19FN2O3S. The van der Waals surface area contributed by atoms with Gasteiger partial charge in [0.2, 0.25) is 10.0 Å². The minimum atomic E-state index is -3.59. The van der Waals surface area contributed by atoms with Crippen molar-refractivity contribution in [2.24, 2.45) is 0 Å². The Hall–Kier alpha value is -3.03. The summed E-state index contributed by atoms with van der Waals surface area (Å²) in [6.07, 6.45) is 0. The molecule has 0 heterocycles. The van der Waals surface area contributed by atoms with E-state index in [1.54, 1.807) is 72.8 Å². The van der Waals surface area contributed by atoms with Gasteiger partial charge in [-0.3, -0.25) is 4.79 Å². The summed E-state index contributed by atoms with van der Waals surface area (Å²) in [4.78, 5) is 12.2. The van der Waals surface area contributed by atoms with Crippen molar-refractivity contribution in [3.8, 4) is 0 Å². The van der Waals surface area contributed by atoms with Crippen molar-refractivity contribution in [3.63, 3.8) is 0 Å². The van der Waals surface area contributed by atoms with Gasteiger partial charge in [0, 0.05) is 12.1 Å². The van der Waals surface area contributed by atoms with Gasteiger partial charge in [-0.25, -0.2) is 13.1 Å². The predicted octanol–water partition coefficient (Wildman–Crippen LogP) is 3.69. The second-order valence-corrected chi connectivity index (χ2v) is 7.91. The summed E-state index contributed by atoms with van der Waals surface area (Å²) >= 11 is 0. The van der Waals surface area contributed by atoms with E-state index in [-0.39, 0.29) is 28.7 Å². The van der Waals surface area contributed by atoms with Gasteiger partial charge in [0.05, 0.1) is 11.4 Å². The first-order valence-electron chi connectivity index (χ1n) is 8.61. The Labute approximate surface area is 163 Å². The maximum Gasteiger partial charge on any atom is 0.281 e. The van der Waals surface area contributed by atoms with Crippen LogP contribution in [0.2, 0.25) is 0 Å². The molecule has 3 aromatic carbocycles. The summed E-state index contributed by atoms with van der Waals surface area (Å²) in [5, 5.41) is 0.155. The lowest BCUT2D eigenvalue weighted by atomic mass is 10.1. The predicted molar refractivity (Wildman–Crippen MR) is 104 cm³/mol. The molecule has 7 heteroatoms. The van der Waals surface area contributed by atoms with Crippen molar-refractivity contribution in [1.29, 1.82) is 0 Å². The highest BCUT2D eigenvalue weighted by Gasteiger charge is 2.16. The van der Waals surface area contributed by atoms with Crippen LogP contribution < -0.4 is 4.72 Å². The van der Waals surface area contributed by atoms with Crippen molar-refractivity contribution >= 4 is 15.9 Å². The quantitative estimate of drug-likeness (QED) is 0.617. The van der Waals surface area contributed by atoms with Crippen LogP contribution in [0.4, 0.5) is 4.48 Å². The first-order valence-corrected chi connectivity index (χ1v) is 10.1. The molecule has 0 saturated carbocycles. The molecule has 28 heavy (non-hydrogen) atoms. The van der Waals surface area contributed by atoms with Gasteiger partial charge in [0.15, 0.2) is 0 Å². The van der Waals surface area contributed by atoms with E-state index in [1.165, 1.54) is 12.1 Å². The summed E-state index contributed by atoms with van der Waals surface area (Å²) in [7, 11) is -3.59. The summed E-state index contributed by atoms with van der Waals surface area (Å²) in [5.41, 5.74) is 1.60. The van der Waals surface area contributed by atoms with Gasteiger partial charge in [0.25, 0.3) is 5.91 Å². The summed E-state index contributed by atoms with van der Waals surface area (Å²) in [6, 6.07) is 23.0. The highest BCUT2D eigenvalue weighted by atomic mass is 32.2. The lowest BCUT2D eigenvalue weighted by Gasteiger charge is -2.13. The van der Waals surface area contributed by atoms with E-state index < -0.39 is 15.9 Å². The number of nitrogens with one attached hydrogen (secondary N) is 1. The van der Waals surface area contributed by atoms with Crippen molar-refractivity contribution in [3.05, 3.63) is 102 Å². The normalized spacial score (nSPS) is 11.2. The number of carbonyl (C=O) groups excluding carboxylic acids is 1. The highest BCUT2D eigenvalue weighted by Crippen LogP contribution is 2.13. The molecule has 0 spiro atoms. The van der Waals surface area contributed by atoms with Crippen molar-refractivity contribution in [2.75, 3.05) is 0 Å². The molecule has 0 aromatic heterocycles. The monoisotopic (exact) mass is 398 g/mol. The number of hydrogen-bond acceptors (Lipinski definition) is 3. The number of benzene rings is 3. The minimum Gasteiger partial charge on any atom is -0.266 e. The number of carbonyl (C=O) groups is 1. The van der Waals surface area contributed by atoms with Crippen LogP contribution in [-0.2, 0) is 23.1 Å². The molecular weight excluding hydrogens is 379 g/mol. The molecule has 0 unspecified atom stereocenters. The van der Waals surface area contributed by atoms with Crippen LogP contribution in [0.15, 0.2) is 89.8 Å². The van der Waals surface area contributed by atoms with Crippen molar-refractivity contribution in [2.45, 2.75) is 18.0 Å². The SMILES string of the molecule is O=C(c1ccccc1)N(F)Cc1ccc(CNS(=O)(=O)c2ccccc2)cc1. The third-order valence-corrected chi connectivity index (χ3v) is 5.52. The molecule has 0 atom stereocenters. The Morgan fingerprint density at radius 1 is 0.821 bits per heavy atom. The standard InChI is InChI=1S/C21H19FN2O3S/c22-24(21(25)19-7-3-1-4-8-19)16-18-13-11-17(12-14-18)15-23-28(26,27)20-9-5-2-6-10-20/h1-14,23H,15-16H2. The van der Waals surface area contributed by atoms with Crippen molar-refractivity contribution in [1.82, 2.24) is 9.84 Å². The van der Waals surface area contributed by atoms with Gasteiger partial charge in [-0.15, -0.1) is 0 Å². The van der Waals surface area contributed by atoms with E-state index in [4.69, 9.17) is 0 Å². The van der Waals surface area contributed by atoms with E-state index in [0.29, 0.717) is 5.56 Å². The molecule has 0 aliphatic rings. The molecule has 0 bridgehead atoms. The van der Waals surface area contributed by atoms with E-state index in [0.717, 1.165) is 5.56 Å². The fourth-order valence-corrected chi connectivity index (χ4v) is 3.62. The minimum absolute atomic E-state index is 0.111. The second kappa shape index (κ2) is 8.77. The molecule has 1 N–H and O–H groups in total. The first kappa shape index (κ1) is 19.7. The average molecular weight is 398 g/mol. The van der Waals surface area contributed by atoms with Gasteiger partial charge in [-0.05, 0) is 35.4 Å². The van der Waals surface area contributed by atoms with Crippen molar-refractivity contribution < 1.29 is 17.7 Å². The molecule has 3 aromatic rings. The van der Waals surface area contributed by atoms with E-state index >= 15 is 0 Å².